The molecular formula is C15H19N5. The lowest BCUT2D eigenvalue weighted by Crippen LogP contribution is -2.11. The van der Waals surface area contributed by atoms with Crippen LogP contribution in [0, 0.1) is 6.92 Å². The van der Waals surface area contributed by atoms with E-state index in [-0.39, 0.29) is 0 Å². The van der Waals surface area contributed by atoms with Crippen molar-refractivity contribution < 1.29 is 0 Å². The van der Waals surface area contributed by atoms with Gasteiger partial charge in [-0.2, -0.15) is 5.10 Å². The highest BCUT2D eigenvalue weighted by Gasteiger charge is 2.11. The number of benzene rings is 1. The molecule has 0 aliphatic carbocycles. The van der Waals surface area contributed by atoms with E-state index >= 15 is 0 Å². The largest absolute Gasteiger partial charge is 0.342 e. The highest BCUT2D eigenvalue weighted by molar-refractivity contribution is 5.82. The Bertz CT molecular complexity index is 738. The van der Waals surface area contributed by atoms with Crippen LogP contribution in [0.5, 0.6) is 0 Å². The zero-order chi connectivity index (χ0) is 14.1. The number of H-pyrrole nitrogens is 1. The number of likely N-dealkylation sites (N-methyl/N-ethyl adjacent to an activating group) is 1. The van der Waals surface area contributed by atoms with Crippen LogP contribution in [0.3, 0.4) is 0 Å². The van der Waals surface area contributed by atoms with Gasteiger partial charge < -0.3 is 10.3 Å². The number of nitrogens with one attached hydrogen (secondary N) is 2. The lowest BCUT2D eigenvalue weighted by Gasteiger charge is -2.02. The molecule has 3 aromatic rings. The van der Waals surface area contributed by atoms with Crippen LogP contribution in [0.15, 0.2) is 24.4 Å². The van der Waals surface area contributed by atoms with Gasteiger partial charge in [-0.3, -0.25) is 4.68 Å². The van der Waals surface area contributed by atoms with E-state index in [4.69, 9.17) is 0 Å². The minimum Gasteiger partial charge on any atom is -0.342 e. The molecule has 20 heavy (non-hydrogen) atoms. The minimum atomic E-state index is 0.923. The quantitative estimate of drug-likeness (QED) is 0.762. The van der Waals surface area contributed by atoms with E-state index < -0.39 is 0 Å². The van der Waals surface area contributed by atoms with Gasteiger partial charge in [-0.05, 0) is 31.7 Å². The number of rotatable bonds is 4. The van der Waals surface area contributed by atoms with E-state index in [1.807, 2.05) is 25.7 Å². The number of fused-ring (bicyclic) bond motifs is 1. The molecular weight excluding hydrogens is 250 g/mol. The van der Waals surface area contributed by atoms with Crippen LogP contribution in [0.1, 0.15) is 11.5 Å². The molecule has 0 atom stereocenters. The smallest absolute Gasteiger partial charge is 0.104 e. The first-order valence-corrected chi connectivity index (χ1v) is 6.81. The standard InChI is InChI=1S/C15H19N5/c1-10-17-14-5-4-11(8-15(14)18-10)12-9-20(3)19-13(12)6-7-16-2/h4-5,8-9,16H,6-7H2,1-3H3,(H,17,18). The lowest BCUT2D eigenvalue weighted by molar-refractivity contribution is 0.717. The van der Waals surface area contributed by atoms with Crippen molar-refractivity contribution in [2.45, 2.75) is 13.3 Å². The van der Waals surface area contributed by atoms with E-state index in [9.17, 15) is 0 Å². The molecule has 2 N–H and O–H groups in total. The van der Waals surface area contributed by atoms with Gasteiger partial charge in [-0.25, -0.2) is 4.98 Å². The molecule has 0 bridgehead atoms. The number of aromatic nitrogens is 4. The van der Waals surface area contributed by atoms with Crippen LogP contribution in [0.2, 0.25) is 0 Å². The number of aryl methyl sites for hydroxylation is 2. The van der Waals surface area contributed by atoms with Crippen molar-refractivity contribution >= 4 is 11.0 Å². The van der Waals surface area contributed by atoms with E-state index in [0.717, 1.165) is 35.5 Å². The van der Waals surface area contributed by atoms with Crippen molar-refractivity contribution in [1.29, 1.82) is 0 Å². The lowest BCUT2D eigenvalue weighted by atomic mass is 10.0. The Morgan fingerprint density at radius 3 is 3.00 bits per heavy atom. The number of hydrogen-bond donors (Lipinski definition) is 2. The first-order chi connectivity index (χ1) is 9.67. The van der Waals surface area contributed by atoms with Crippen LogP contribution in [0.4, 0.5) is 0 Å². The number of nitrogens with zero attached hydrogens (tertiary/aromatic N) is 3. The minimum absolute atomic E-state index is 0.923. The summed E-state index contributed by atoms with van der Waals surface area (Å²) in [5, 5.41) is 7.73. The maximum absolute atomic E-state index is 4.56. The van der Waals surface area contributed by atoms with Crippen molar-refractivity contribution in [2.24, 2.45) is 7.05 Å². The van der Waals surface area contributed by atoms with Gasteiger partial charge in [-0.1, -0.05) is 6.07 Å². The van der Waals surface area contributed by atoms with Crippen molar-refractivity contribution in [3.05, 3.63) is 35.9 Å². The molecule has 0 aliphatic rings. The van der Waals surface area contributed by atoms with Gasteiger partial charge in [0.2, 0.25) is 0 Å². The molecule has 0 radical (unpaired) electrons. The first-order valence-electron chi connectivity index (χ1n) is 6.81. The van der Waals surface area contributed by atoms with Gasteiger partial charge >= 0.3 is 0 Å². The Hall–Kier alpha value is -2.14. The van der Waals surface area contributed by atoms with E-state index in [1.54, 1.807) is 0 Å². The van der Waals surface area contributed by atoms with E-state index in [0.29, 0.717) is 0 Å². The van der Waals surface area contributed by atoms with E-state index in [1.165, 1.54) is 11.1 Å². The average Bonchev–Trinajstić information content (AvgIpc) is 2.97. The Morgan fingerprint density at radius 1 is 1.35 bits per heavy atom. The zero-order valence-electron chi connectivity index (χ0n) is 12.1. The molecule has 2 aromatic heterocycles. The predicted octanol–water partition coefficient (Wildman–Crippen LogP) is 2.03. The van der Waals surface area contributed by atoms with Crippen molar-refractivity contribution in [2.75, 3.05) is 13.6 Å². The highest BCUT2D eigenvalue weighted by atomic mass is 15.3. The molecule has 0 saturated carbocycles. The maximum Gasteiger partial charge on any atom is 0.104 e. The molecule has 5 heteroatoms. The number of hydrogen-bond acceptors (Lipinski definition) is 3. The van der Waals surface area contributed by atoms with Gasteiger partial charge in [0.05, 0.1) is 16.7 Å². The molecule has 0 amide bonds. The normalized spacial score (nSPS) is 11.3. The van der Waals surface area contributed by atoms with Crippen LogP contribution in [0.25, 0.3) is 22.2 Å². The number of aromatic amines is 1. The fraction of sp³-hybridized carbons (Fsp3) is 0.333. The summed E-state index contributed by atoms with van der Waals surface area (Å²) in [6.45, 7) is 2.90. The Morgan fingerprint density at radius 2 is 2.20 bits per heavy atom. The zero-order valence-corrected chi connectivity index (χ0v) is 12.1. The topological polar surface area (TPSA) is 58.5 Å². The predicted molar refractivity (Wildman–Crippen MR) is 80.7 cm³/mol. The third-order valence-corrected chi connectivity index (χ3v) is 3.43. The molecule has 3 rings (SSSR count). The van der Waals surface area contributed by atoms with Crippen molar-refractivity contribution in [3.63, 3.8) is 0 Å². The van der Waals surface area contributed by atoms with Gasteiger partial charge in [0.1, 0.15) is 5.82 Å². The summed E-state index contributed by atoms with van der Waals surface area (Å²) < 4.78 is 1.88. The second-order valence-corrected chi connectivity index (χ2v) is 5.07. The SMILES string of the molecule is CNCCc1nn(C)cc1-c1ccc2nc(C)[nH]c2c1. The molecule has 0 fully saturated rings. The molecule has 1 aromatic carbocycles. The summed E-state index contributed by atoms with van der Waals surface area (Å²) in [7, 11) is 3.92. The Labute approximate surface area is 118 Å². The summed E-state index contributed by atoms with van der Waals surface area (Å²) in [6.07, 6.45) is 3.00. The van der Waals surface area contributed by atoms with Gasteiger partial charge in [0.15, 0.2) is 0 Å². The molecule has 5 nitrogen and oxygen atoms in total. The molecule has 0 aliphatic heterocycles. The third-order valence-electron chi connectivity index (χ3n) is 3.43. The summed E-state index contributed by atoms with van der Waals surface area (Å²) in [5.74, 6) is 0.943. The maximum atomic E-state index is 4.56. The van der Waals surface area contributed by atoms with E-state index in [2.05, 4.69) is 44.8 Å². The molecule has 0 spiro atoms. The van der Waals surface area contributed by atoms with Crippen LogP contribution in [-0.2, 0) is 13.5 Å². The second kappa shape index (κ2) is 5.09. The monoisotopic (exact) mass is 269 g/mol. The van der Waals surface area contributed by atoms with Crippen LogP contribution < -0.4 is 5.32 Å². The van der Waals surface area contributed by atoms with Crippen molar-refractivity contribution in [3.8, 4) is 11.1 Å². The summed E-state index contributed by atoms with van der Waals surface area (Å²) in [4.78, 5) is 7.73. The van der Waals surface area contributed by atoms with Gasteiger partial charge in [0, 0.05) is 31.8 Å². The molecule has 104 valence electrons. The summed E-state index contributed by atoms with van der Waals surface area (Å²) in [6, 6.07) is 6.32. The van der Waals surface area contributed by atoms with Crippen LogP contribution >= 0.6 is 0 Å². The molecule has 0 unspecified atom stereocenters. The fourth-order valence-corrected chi connectivity index (χ4v) is 2.51. The first kappa shape index (κ1) is 12.9. The van der Waals surface area contributed by atoms with Gasteiger partial charge in [0.25, 0.3) is 0 Å². The number of imidazole rings is 1. The Kier molecular flexibility index (Phi) is 3.28. The van der Waals surface area contributed by atoms with Gasteiger partial charge in [-0.15, -0.1) is 0 Å². The fourth-order valence-electron chi connectivity index (χ4n) is 2.51. The molecule has 0 saturated heterocycles. The average molecular weight is 269 g/mol. The van der Waals surface area contributed by atoms with Crippen LogP contribution in [-0.4, -0.2) is 33.3 Å². The van der Waals surface area contributed by atoms with Crippen molar-refractivity contribution in [1.82, 2.24) is 25.1 Å². The summed E-state index contributed by atoms with van der Waals surface area (Å²) >= 11 is 0. The summed E-state index contributed by atoms with van der Waals surface area (Å²) in [5.41, 5.74) is 5.57. The highest BCUT2D eigenvalue weighted by Crippen LogP contribution is 2.26. The third kappa shape index (κ3) is 2.32. The second-order valence-electron chi connectivity index (χ2n) is 5.07. The molecule has 2 heterocycles. The Balaban J connectivity index is 2.05.